The molecule has 2 heterocycles. The van der Waals surface area contributed by atoms with Crippen LogP contribution in [0.25, 0.3) is 26.4 Å². The molecule has 0 saturated carbocycles. The van der Waals surface area contributed by atoms with Crippen LogP contribution in [0.5, 0.6) is 5.75 Å². The zero-order chi connectivity index (χ0) is 19.7. The molecule has 2 aromatic carbocycles. The number of aromatic nitrogens is 2. The summed E-state index contributed by atoms with van der Waals surface area (Å²) in [6.07, 6.45) is 1.92. The third-order valence-corrected chi connectivity index (χ3v) is 5.37. The number of aliphatic carboxylic acids is 1. The molecule has 0 radical (unpaired) electrons. The number of thiazole rings is 1. The molecule has 3 N–H and O–H groups in total. The molecule has 142 valence electrons. The summed E-state index contributed by atoms with van der Waals surface area (Å²) in [5.41, 5.74) is 8.11. The number of carboxylic acid groups (broad SMARTS) is 1. The molecule has 28 heavy (non-hydrogen) atoms. The van der Waals surface area contributed by atoms with Crippen LogP contribution in [0.2, 0.25) is 0 Å². The highest BCUT2D eigenvalue weighted by atomic mass is 32.1. The Morgan fingerprint density at radius 1 is 1.21 bits per heavy atom. The van der Waals surface area contributed by atoms with E-state index in [1.165, 1.54) is 4.70 Å². The fourth-order valence-corrected chi connectivity index (χ4v) is 3.89. The van der Waals surface area contributed by atoms with Gasteiger partial charge in [0.05, 0.1) is 15.9 Å². The number of rotatable bonds is 6. The molecule has 4 aromatic rings. The molecule has 0 fully saturated rings. The van der Waals surface area contributed by atoms with E-state index in [1.807, 2.05) is 34.9 Å². The average molecular weight is 395 g/mol. The Kier molecular flexibility index (Phi) is 4.81. The Morgan fingerprint density at radius 3 is 2.86 bits per heavy atom. The van der Waals surface area contributed by atoms with Gasteiger partial charge in [-0.15, -0.1) is 0 Å². The minimum absolute atomic E-state index is 0.0260. The Hall–Kier alpha value is -3.23. The van der Waals surface area contributed by atoms with Crippen LogP contribution in [0.4, 0.5) is 0 Å². The summed E-state index contributed by atoms with van der Waals surface area (Å²) in [5.74, 6) is -1.28. The Labute approximate surface area is 164 Å². The van der Waals surface area contributed by atoms with E-state index < -0.39 is 18.0 Å². The predicted octanol–water partition coefficient (Wildman–Crippen LogP) is 3.31. The largest absolute Gasteiger partial charge is 0.480 e. The van der Waals surface area contributed by atoms with Gasteiger partial charge in [0, 0.05) is 18.2 Å². The Bertz CT molecular complexity index is 1180. The van der Waals surface area contributed by atoms with E-state index >= 15 is 0 Å². The molecule has 0 spiro atoms. The van der Waals surface area contributed by atoms with Crippen molar-refractivity contribution in [3.8, 4) is 17.0 Å². The molecule has 0 amide bonds. The van der Waals surface area contributed by atoms with Crippen molar-refractivity contribution < 1.29 is 19.4 Å². The molecule has 0 saturated heterocycles. The number of carbonyl (C=O) groups is 2. The first-order valence-corrected chi connectivity index (χ1v) is 9.49. The second kappa shape index (κ2) is 7.41. The van der Waals surface area contributed by atoms with Gasteiger partial charge in [0.2, 0.25) is 0 Å². The molecular formula is C20H17N3O4S. The van der Waals surface area contributed by atoms with E-state index in [4.69, 9.17) is 15.6 Å². The van der Waals surface area contributed by atoms with Crippen LogP contribution in [-0.4, -0.2) is 32.5 Å². The van der Waals surface area contributed by atoms with E-state index in [0.717, 1.165) is 21.7 Å². The number of nitrogens with zero attached hydrogens (tertiary/aromatic N) is 2. The Balaban J connectivity index is 1.53. The van der Waals surface area contributed by atoms with Gasteiger partial charge in [-0.25, -0.2) is 4.98 Å². The first-order valence-electron chi connectivity index (χ1n) is 8.67. The second-order valence-corrected chi connectivity index (χ2v) is 7.34. The molecule has 2 aromatic heterocycles. The maximum absolute atomic E-state index is 11.9. The van der Waals surface area contributed by atoms with Gasteiger partial charge in [0.15, 0.2) is 4.96 Å². The maximum atomic E-state index is 11.9. The van der Waals surface area contributed by atoms with Crippen molar-refractivity contribution in [2.75, 3.05) is 0 Å². The van der Waals surface area contributed by atoms with E-state index in [9.17, 15) is 9.59 Å². The number of nitrogens with two attached hydrogens (primary N) is 1. The lowest BCUT2D eigenvalue weighted by atomic mass is 10.1. The fourth-order valence-electron chi connectivity index (χ4n) is 2.89. The quantitative estimate of drug-likeness (QED) is 0.383. The number of fused-ring (bicyclic) bond motifs is 3. The van der Waals surface area contributed by atoms with Gasteiger partial charge in [-0.1, -0.05) is 35.6 Å². The molecule has 1 atom stereocenters. The topological polar surface area (TPSA) is 107 Å². The second-order valence-electron chi connectivity index (χ2n) is 6.33. The van der Waals surface area contributed by atoms with Gasteiger partial charge >= 0.3 is 11.9 Å². The summed E-state index contributed by atoms with van der Waals surface area (Å²) in [6.45, 7) is 0. The van der Waals surface area contributed by atoms with Crippen LogP contribution in [-0.2, 0) is 9.59 Å². The summed E-state index contributed by atoms with van der Waals surface area (Å²) < 4.78 is 8.52. The Morgan fingerprint density at radius 2 is 2.04 bits per heavy atom. The summed E-state index contributed by atoms with van der Waals surface area (Å²) in [6, 6.07) is 14.1. The van der Waals surface area contributed by atoms with Crippen molar-refractivity contribution in [1.29, 1.82) is 0 Å². The number of carboxylic acids is 1. The molecule has 7 nitrogen and oxygen atoms in total. The lowest BCUT2D eigenvalue weighted by Crippen LogP contribution is -2.31. The summed E-state index contributed by atoms with van der Waals surface area (Å²) >= 11 is 1.61. The van der Waals surface area contributed by atoms with Gasteiger partial charge in [0.1, 0.15) is 11.8 Å². The average Bonchev–Trinajstić information content (AvgIpc) is 3.24. The number of para-hydroxylation sites is 1. The standard InChI is InChI=1S/C20H17N3O4S/c21-14(19(25)26)8-9-18(24)27-13-5-3-4-12(10-13)15-11-23-16-6-1-2-7-17(16)28-20(23)22-15/h1-7,10-11,14H,8-9,21H2,(H,25,26)/t14-/m0/s1. The van der Waals surface area contributed by atoms with Crippen molar-refractivity contribution in [3.63, 3.8) is 0 Å². The van der Waals surface area contributed by atoms with Crippen molar-refractivity contribution >= 4 is 38.5 Å². The smallest absolute Gasteiger partial charge is 0.320 e. The van der Waals surface area contributed by atoms with Crippen molar-refractivity contribution in [3.05, 3.63) is 54.7 Å². The van der Waals surface area contributed by atoms with Crippen LogP contribution in [0, 0.1) is 0 Å². The third kappa shape index (κ3) is 3.60. The van der Waals surface area contributed by atoms with Gasteiger partial charge in [-0.2, -0.15) is 0 Å². The zero-order valence-electron chi connectivity index (χ0n) is 14.7. The first kappa shape index (κ1) is 18.1. The minimum Gasteiger partial charge on any atom is -0.480 e. The number of benzene rings is 2. The van der Waals surface area contributed by atoms with Crippen molar-refractivity contribution in [1.82, 2.24) is 9.38 Å². The minimum atomic E-state index is -1.14. The number of ether oxygens (including phenoxy) is 1. The van der Waals surface area contributed by atoms with Crippen molar-refractivity contribution in [2.24, 2.45) is 5.73 Å². The number of hydrogen-bond acceptors (Lipinski definition) is 6. The van der Waals surface area contributed by atoms with Crippen molar-refractivity contribution in [2.45, 2.75) is 18.9 Å². The van der Waals surface area contributed by atoms with Gasteiger partial charge in [-0.05, 0) is 30.7 Å². The normalized spacial score (nSPS) is 12.3. The van der Waals surface area contributed by atoms with Crippen LogP contribution >= 0.6 is 11.3 Å². The number of imidazole rings is 1. The van der Waals surface area contributed by atoms with E-state index in [2.05, 4.69) is 11.1 Å². The molecule has 0 aliphatic carbocycles. The SMILES string of the molecule is N[C@@H](CCC(=O)Oc1cccc(-c2cn3c(n2)sc2ccccc23)c1)C(=O)O. The fraction of sp³-hybridized carbons (Fsp3) is 0.150. The van der Waals surface area contributed by atoms with Gasteiger partial charge < -0.3 is 15.6 Å². The molecular weight excluding hydrogens is 378 g/mol. The number of hydrogen-bond donors (Lipinski definition) is 2. The number of esters is 1. The summed E-state index contributed by atoms with van der Waals surface area (Å²) in [4.78, 5) is 28.2. The third-order valence-electron chi connectivity index (χ3n) is 4.34. The molecule has 0 aliphatic heterocycles. The van der Waals surface area contributed by atoms with Crippen LogP contribution in [0.15, 0.2) is 54.7 Å². The van der Waals surface area contributed by atoms with Crippen LogP contribution in [0.1, 0.15) is 12.8 Å². The molecule has 0 aliphatic rings. The highest BCUT2D eigenvalue weighted by Gasteiger charge is 2.15. The lowest BCUT2D eigenvalue weighted by molar-refractivity contribution is -0.139. The van der Waals surface area contributed by atoms with E-state index in [0.29, 0.717) is 5.75 Å². The lowest BCUT2D eigenvalue weighted by Gasteiger charge is -2.07. The van der Waals surface area contributed by atoms with E-state index in [1.54, 1.807) is 29.5 Å². The summed E-state index contributed by atoms with van der Waals surface area (Å²) in [5, 5.41) is 8.77. The van der Waals surface area contributed by atoms with E-state index in [-0.39, 0.29) is 12.8 Å². The predicted molar refractivity (Wildman–Crippen MR) is 106 cm³/mol. The number of carbonyl (C=O) groups excluding carboxylic acids is 1. The van der Waals surface area contributed by atoms with Gasteiger partial charge in [0.25, 0.3) is 0 Å². The zero-order valence-corrected chi connectivity index (χ0v) is 15.6. The maximum Gasteiger partial charge on any atom is 0.320 e. The van der Waals surface area contributed by atoms with Crippen LogP contribution in [0.3, 0.4) is 0 Å². The highest BCUT2D eigenvalue weighted by Crippen LogP contribution is 2.30. The van der Waals surface area contributed by atoms with Gasteiger partial charge in [-0.3, -0.25) is 14.0 Å². The first-order chi connectivity index (χ1) is 13.5. The molecule has 0 bridgehead atoms. The molecule has 4 rings (SSSR count). The van der Waals surface area contributed by atoms with Crippen LogP contribution < -0.4 is 10.5 Å². The summed E-state index contributed by atoms with van der Waals surface area (Å²) in [7, 11) is 0. The molecule has 8 heteroatoms. The monoisotopic (exact) mass is 395 g/mol. The molecule has 0 unspecified atom stereocenters. The highest BCUT2D eigenvalue weighted by molar-refractivity contribution is 7.23.